The molecule has 0 aliphatic rings. The minimum Gasteiger partial charge on any atom is -0.309 e. The van der Waals surface area contributed by atoms with E-state index >= 15 is 0 Å². The highest BCUT2D eigenvalue weighted by atomic mass is 32.1. The van der Waals surface area contributed by atoms with E-state index in [1.807, 2.05) is 14.1 Å². The summed E-state index contributed by atoms with van der Waals surface area (Å²) in [5, 5.41) is -0.0168. The number of hydrogen-bond donors (Lipinski definition) is 1. The van der Waals surface area contributed by atoms with Crippen molar-refractivity contribution in [3.8, 4) is 0 Å². The second kappa shape index (κ2) is 4.82. The summed E-state index contributed by atoms with van der Waals surface area (Å²) in [7, 11) is 3.98. The monoisotopic (exact) mass is 147 g/mol. The number of rotatable bonds is 4. The van der Waals surface area contributed by atoms with E-state index < -0.39 is 0 Å². The largest absolute Gasteiger partial charge is 0.309 e. The average Bonchev–Trinajstić information content (AvgIpc) is 1.63. The van der Waals surface area contributed by atoms with Crippen molar-refractivity contribution in [3.05, 3.63) is 0 Å². The highest BCUT2D eigenvalue weighted by Gasteiger charge is 1.94. The zero-order chi connectivity index (χ0) is 7.28. The Morgan fingerprint density at radius 1 is 1.56 bits per heavy atom. The number of thiol groups is 1. The number of carbonyl (C=O) groups is 1. The molecule has 9 heavy (non-hydrogen) atoms. The van der Waals surface area contributed by atoms with Crippen molar-refractivity contribution in [1.29, 1.82) is 0 Å². The molecular formula is C6H13NOS. The van der Waals surface area contributed by atoms with Crippen LogP contribution in [-0.4, -0.2) is 30.7 Å². The average molecular weight is 147 g/mol. The first-order chi connectivity index (χ1) is 4.13. The number of nitrogens with zero attached hydrogens (tertiary/aromatic N) is 1. The Morgan fingerprint density at radius 2 is 2.11 bits per heavy atom. The SMILES string of the molecule is CN(C)CCCC(=O)S. The van der Waals surface area contributed by atoms with E-state index in [1.54, 1.807) is 0 Å². The van der Waals surface area contributed by atoms with Crippen LogP contribution in [0.4, 0.5) is 0 Å². The summed E-state index contributed by atoms with van der Waals surface area (Å²) in [6.07, 6.45) is 1.50. The Hall–Kier alpha value is -0.0200. The van der Waals surface area contributed by atoms with Crippen LogP contribution >= 0.6 is 12.6 Å². The predicted octanol–water partition coefficient (Wildman–Crippen LogP) is 0.785. The molecule has 0 bridgehead atoms. The van der Waals surface area contributed by atoms with Crippen molar-refractivity contribution < 1.29 is 4.79 Å². The van der Waals surface area contributed by atoms with E-state index in [9.17, 15) is 4.79 Å². The van der Waals surface area contributed by atoms with Crippen LogP contribution in [0.1, 0.15) is 12.8 Å². The van der Waals surface area contributed by atoms with Gasteiger partial charge in [0.1, 0.15) is 0 Å². The van der Waals surface area contributed by atoms with Crippen molar-refractivity contribution in [1.82, 2.24) is 4.90 Å². The van der Waals surface area contributed by atoms with Gasteiger partial charge in [-0.05, 0) is 27.1 Å². The number of hydrogen-bond acceptors (Lipinski definition) is 2. The highest BCUT2D eigenvalue weighted by molar-refractivity contribution is 7.96. The lowest BCUT2D eigenvalue weighted by Gasteiger charge is -2.06. The van der Waals surface area contributed by atoms with Gasteiger partial charge in [-0.15, -0.1) is 12.6 Å². The molecular weight excluding hydrogens is 134 g/mol. The van der Waals surface area contributed by atoms with E-state index in [-0.39, 0.29) is 5.12 Å². The normalized spacial score (nSPS) is 10.2. The van der Waals surface area contributed by atoms with Gasteiger partial charge in [0.25, 0.3) is 0 Å². The molecule has 0 N–H and O–H groups in total. The lowest BCUT2D eigenvalue weighted by atomic mass is 10.3. The minimum absolute atomic E-state index is 0.0168. The molecule has 2 nitrogen and oxygen atoms in total. The molecule has 0 spiro atoms. The maximum absolute atomic E-state index is 10.3. The van der Waals surface area contributed by atoms with E-state index in [1.165, 1.54) is 0 Å². The van der Waals surface area contributed by atoms with Gasteiger partial charge in [0.2, 0.25) is 0 Å². The molecule has 0 saturated carbocycles. The van der Waals surface area contributed by atoms with Crippen LogP contribution in [0.15, 0.2) is 0 Å². The molecule has 0 saturated heterocycles. The van der Waals surface area contributed by atoms with Gasteiger partial charge in [-0.1, -0.05) is 0 Å². The summed E-state index contributed by atoms with van der Waals surface area (Å²) in [5.74, 6) is 0. The molecule has 0 amide bonds. The van der Waals surface area contributed by atoms with Crippen LogP contribution in [0.25, 0.3) is 0 Å². The predicted molar refractivity (Wildman–Crippen MR) is 41.8 cm³/mol. The van der Waals surface area contributed by atoms with Gasteiger partial charge in [-0.3, -0.25) is 4.79 Å². The molecule has 0 unspecified atom stereocenters. The van der Waals surface area contributed by atoms with Crippen LogP contribution in [0.5, 0.6) is 0 Å². The zero-order valence-electron chi connectivity index (χ0n) is 5.92. The summed E-state index contributed by atoms with van der Waals surface area (Å²) in [4.78, 5) is 12.3. The van der Waals surface area contributed by atoms with Gasteiger partial charge in [-0.25, -0.2) is 0 Å². The van der Waals surface area contributed by atoms with Crippen LogP contribution in [0, 0.1) is 0 Å². The number of carbonyl (C=O) groups excluding carboxylic acids is 1. The topological polar surface area (TPSA) is 20.3 Å². The van der Waals surface area contributed by atoms with Crippen LogP contribution in [0.3, 0.4) is 0 Å². The first kappa shape index (κ1) is 8.98. The first-order valence-corrected chi connectivity index (χ1v) is 3.44. The fraction of sp³-hybridized carbons (Fsp3) is 0.833. The van der Waals surface area contributed by atoms with E-state index in [0.29, 0.717) is 6.42 Å². The molecule has 0 aromatic heterocycles. The van der Waals surface area contributed by atoms with E-state index in [4.69, 9.17) is 0 Å². The maximum Gasteiger partial charge on any atom is 0.185 e. The second-order valence-corrected chi connectivity index (χ2v) is 2.80. The molecule has 0 fully saturated rings. The Kier molecular flexibility index (Phi) is 4.81. The molecule has 54 valence electrons. The van der Waals surface area contributed by atoms with Crippen molar-refractivity contribution in [3.63, 3.8) is 0 Å². The van der Waals surface area contributed by atoms with Crippen molar-refractivity contribution >= 4 is 17.7 Å². The van der Waals surface area contributed by atoms with Gasteiger partial charge in [-0.2, -0.15) is 0 Å². The molecule has 0 radical (unpaired) electrons. The fourth-order valence-corrected chi connectivity index (χ4v) is 0.705. The van der Waals surface area contributed by atoms with E-state index in [0.717, 1.165) is 13.0 Å². The zero-order valence-corrected chi connectivity index (χ0v) is 6.82. The summed E-state index contributed by atoms with van der Waals surface area (Å²) in [6.45, 7) is 0.965. The molecule has 0 aromatic carbocycles. The fourth-order valence-electron chi connectivity index (χ4n) is 0.547. The van der Waals surface area contributed by atoms with Gasteiger partial charge in [0, 0.05) is 6.42 Å². The van der Waals surface area contributed by atoms with Crippen LogP contribution < -0.4 is 0 Å². The van der Waals surface area contributed by atoms with Gasteiger partial charge in [0.05, 0.1) is 0 Å². The maximum atomic E-state index is 10.3. The summed E-state index contributed by atoms with van der Waals surface area (Å²) < 4.78 is 0. The Labute approximate surface area is 61.6 Å². The summed E-state index contributed by atoms with van der Waals surface area (Å²) in [5.41, 5.74) is 0. The lowest BCUT2D eigenvalue weighted by Crippen LogP contribution is -2.13. The van der Waals surface area contributed by atoms with Gasteiger partial charge >= 0.3 is 0 Å². The van der Waals surface area contributed by atoms with Crippen molar-refractivity contribution in [2.45, 2.75) is 12.8 Å². The molecule has 0 aromatic rings. The Balaban J connectivity index is 3.01. The quantitative estimate of drug-likeness (QED) is 0.593. The van der Waals surface area contributed by atoms with Crippen LogP contribution in [0.2, 0.25) is 0 Å². The van der Waals surface area contributed by atoms with Gasteiger partial charge in [0.15, 0.2) is 5.12 Å². The van der Waals surface area contributed by atoms with Crippen LogP contribution in [-0.2, 0) is 4.79 Å². The molecule has 0 aliphatic heterocycles. The highest BCUT2D eigenvalue weighted by Crippen LogP contribution is 1.94. The first-order valence-electron chi connectivity index (χ1n) is 2.99. The molecule has 3 heteroatoms. The Bertz CT molecular complexity index is 93.1. The standard InChI is InChI=1S/C6H13NOS/c1-7(2)5-3-4-6(8)9/h3-5H2,1-2H3,(H,8,9). The molecule has 0 heterocycles. The summed E-state index contributed by atoms with van der Waals surface area (Å²) in [6, 6.07) is 0. The third-order valence-corrected chi connectivity index (χ3v) is 1.22. The second-order valence-electron chi connectivity index (χ2n) is 2.30. The van der Waals surface area contributed by atoms with Crippen molar-refractivity contribution in [2.24, 2.45) is 0 Å². The lowest BCUT2D eigenvalue weighted by molar-refractivity contribution is -0.110. The van der Waals surface area contributed by atoms with Crippen molar-refractivity contribution in [2.75, 3.05) is 20.6 Å². The van der Waals surface area contributed by atoms with E-state index in [2.05, 4.69) is 17.5 Å². The molecule has 0 aliphatic carbocycles. The van der Waals surface area contributed by atoms with Gasteiger partial charge < -0.3 is 4.90 Å². The molecule has 0 atom stereocenters. The summed E-state index contributed by atoms with van der Waals surface area (Å²) >= 11 is 3.64. The Morgan fingerprint density at radius 3 is 2.44 bits per heavy atom. The minimum atomic E-state index is -0.0168. The third-order valence-electron chi connectivity index (χ3n) is 0.996. The molecule has 0 rings (SSSR count). The smallest absolute Gasteiger partial charge is 0.185 e. The third kappa shape index (κ3) is 7.98.